The molecule has 1 saturated carbocycles. The maximum atomic E-state index is 13.1. The molecule has 1 fully saturated rings. The van der Waals surface area contributed by atoms with Crippen LogP contribution < -0.4 is 0 Å². The fourth-order valence-electron chi connectivity index (χ4n) is 2.45. The van der Waals surface area contributed by atoms with Gasteiger partial charge in [-0.1, -0.05) is 12.8 Å². The van der Waals surface area contributed by atoms with E-state index >= 15 is 0 Å². The van der Waals surface area contributed by atoms with Crippen LogP contribution in [0.5, 0.6) is 0 Å². The molecule has 0 amide bonds. The number of aliphatic hydroxyl groups is 1. The van der Waals surface area contributed by atoms with Crippen molar-refractivity contribution in [1.82, 2.24) is 0 Å². The van der Waals surface area contributed by atoms with E-state index in [9.17, 15) is 13.9 Å². The molecular weight excluding hydrogens is 210 g/mol. The molecule has 88 valence electrons. The molecule has 0 spiro atoms. The van der Waals surface area contributed by atoms with Crippen molar-refractivity contribution in [3.63, 3.8) is 0 Å². The lowest BCUT2D eigenvalue weighted by atomic mass is 9.91. The highest BCUT2D eigenvalue weighted by atomic mass is 19.1. The third-order valence-electron chi connectivity index (χ3n) is 3.25. The molecule has 0 aliphatic heterocycles. The summed E-state index contributed by atoms with van der Waals surface area (Å²) in [6, 6.07) is 3.65. The van der Waals surface area contributed by atoms with E-state index in [-0.39, 0.29) is 12.0 Å². The fraction of sp³-hybridized carbons (Fsp3) is 0.538. The summed E-state index contributed by atoms with van der Waals surface area (Å²) in [4.78, 5) is 0. The average Bonchev–Trinajstić information content (AvgIpc) is 2.41. The van der Waals surface area contributed by atoms with Crippen LogP contribution in [0.15, 0.2) is 18.2 Å². The molecule has 2 rings (SSSR count). The summed E-state index contributed by atoms with van der Waals surface area (Å²) in [6.07, 6.45) is 3.99. The Bertz CT molecular complexity index is 345. The molecule has 0 heterocycles. The molecule has 1 N–H and O–H groups in total. The molecule has 1 nitrogen and oxygen atoms in total. The van der Waals surface area contributed by atoms with E-state index in [0.29, 0.717) is 12.0 Å². The zero-order valence-corrected chi connectivity index (χ0v) is 9.13. The van der Waals surface area contributed by atoms with Gasteiger partial charge in [0.05, 0.1) is 6.10 Å². The van der Waals surface area contributed by atoms with Gasteiger partial charge in [0.2, 0.25) is 0 Å². The van der Waals surface area contributed by atoms with Gasteiger partial charge in [0.1, 0.15) is 11.6 Å². The number of hydrogen-bond donors (Lipinski definition) is 1. The van der Waals surface area contributed by atoms with Crippen LogP contribution in [-0.2, 0) is 0 Å². The van der Waals surface area contributed by atoms with Crippen molar-refractivity contribution in [2.75, 3.05) is 0 Å². The van der Waals surface area contributed by atoms with Crippen molar-refractivity contribution in [1.29, 1.82) is 0 Å². The van der Waals surface area contributed by atoms with Gasteiger partial charge in [-0.05, 0) is 42.9 Å². The Labute approximate surface area is 94.1 Å². The normalized spacial score (nSPS) is 26.4. The second kappa shape index (κ2) is 4.91. The third kappa shape index (κ3) is 2.79. The standard InChI is InChI=1S/C13H16F2O/c14-11-5-10(6-12(15)8-11)9-3-1-2-4-13(16)7-9/h5-6,8-9,13,16H,1-4,7H2. The smallest absolute Gasteiger partial charge is 0.126 e. The monoisotopic (exact) mass is 226 g/mol. The van der Waals surface area contributed by atoms with Crippen molar-refractivity contribution in [2.45, 2.75) is 44.1 Å². The first-order valence-electron chi connectivity index (χ1n) is 5.79. The number of aliphatic hydroxyl groups excluding tert-OH is 1. The minimum absolute atomic E-state index is 0.0858. The largest absolute Gasteiger partial charge is 0.393 e. The van der Waals surface area contributed by atoms with Gasteiger partial charge in [0.25, 0.3) is 0 Å². The van der Waals surface area contributed by atoms with Gasteiger partial charge >= 0.3 is 0 Å². The molecule has 0 saturated heterocycles. The minimum Gasteiger partial charge on any atom is -0.393 e. The minimum atomic E-state index is -0.534. The Kier molecular flexibility index (Phi) is 3.54. The van der Waals surface area contributed by atoms with Gasteiger partial charge in [-0.25, -0.2) is 8.78 Å². The second-order valence-electron chi connectivity index (χ2n) is 4.57. The number of benzene rings is 1. The second-order valence-corrected chi connectivity index (χ2v) is 4.57. The summed E-state index contributed by atoms with van der Waals surface area (Å²) in [5.41, 5.74) is 0.679. The van der Waals surface area contributed by atoms with Crippen LogP contribution in [0.25, 0.3) is 0 Å². The topological polar surface area (TPSA) is 20.2 Å². The molecule has 1 aromatic rings. The predicted octanol–water partition coefficient (Wildman–Crippen LogP) is 3.37. The quantitative estimate of drug-likeness (QED) is 0.728. The number of rotatable bonds is 1. The van der Waals surface area contributed by atoms with E-state index in [4.69, 9.17) is 0 Å². The van der Waals surface area contributed by atoms with Gasteiger partial charge in [0, 0.05) is 6.07 Å². The van der Waals surface area contributed by atoms with Crippen LogP contribution in [0, 0.1) is 11.6 Å². The van der Waals surface area contributed by atoms with Gasteiger partial charge in [-0.2, -0.15) is 0 Å². The summed E-state index contributed by atoms with van der Waals surface area (Å²) in [7, 11) is 0. The van der Waals surface area contributed by atoms with E-state index < -0.39 is 11.6 Å². The Hall–Kier alpha value is -0.960. The van der Waals surface area contributed by atoms with Crippen molar-refractivity contribution in [3.8, 4) is 0 Å². The number of hydrogen-bond acceptors (Lipinski definition) is 1. The van der Waals surface area contributed by atoms with Crippen molar-refractivity contribution < 1.29 is 13.9 Å². The maximum absolute atomic E-state index is 13.1. The Morgan fingerprint density at radius 3 is 2.31 bits per heavy atom. The summed E-state index contributed by atoms with van der Waals surface area (Å²) >= 11 is 0. The van der Waals surface area contributed by atoms with Crippen LogP contribution >= 0.6 is 0 Å². The van der Waals surface area contributed by atoms with E-state index in [1.807, 2.05) is 0 Å². The highest BCUT2D eigenvalue weighted by Crippen LogP contribution is 2.32. The summed E-state index contributed by atoms with van der Waals surface area (Å²) < 4.78 is 26.2. The Morgan fingerprint density at radius 1 is 1.00 bits per heavy atom. The molecule has 0 aromatic heterocycles. The average molecular weight is 226 g/mol. The molecule has 3 heteroatoms. The van der Waals surface area contributed by atoms with E-state index in [1.165, 1.54) is 12.1 Å². The zero-order chi connectivity index (χ0) is 11.5. The lowest BCUT2D eigenvalue weighted by Crippen LogP contribution is -2.09. The Balaban J connectivity index is 2.21. The third-order valence-corrected chi connectivity index (χ3v) is 3.25. The van der Waals surface area contributed by atoms with Crippen LogP contribution in [0.2, 0.25) is 0 Å². The van der Waals surface area contributed by atoms with Gasteiger partial charge < -0.3 is 5.11 Å². The highest BCUT2D eigenvalue weighted by molar-refractivity contribution is 5.22. The molecule has 1 aromatic carbocycles. The molecule has 1 aliphatic rings. The van der Waals surface area contributed by atoms with Crippen molar-refractivity contribution in [3.05, 3.63) is 35.4 Å². The van der Waals surface area contributed by atoms with Crippen LogP contribution in [0.4, 0.5) is 8.78 Å². The predicted molar refractivity (Wildman–Crippen MR) is 58.2 cm³/mol. The molecule has 16 heavy (non-hydrogen) atoms. The SMILES string of the molecule is OC1CCCCC(c2cc(F)cc(F)c2)C1. The molecule has 0 bridgehead atoms. The molecule has 2 atom stereocenters. The van der Waals surface area contributed by atoms with Crippen LogP contribution in [0.3, 0.4) is 0 Å². The molecule has 2 unspecified atom stereocenters. The van der Waals surface area contributed by atoms with Crippen LogP contribution in [0.1, 0.15) is 43.6 Å². The molecule has 1 aliphatic carbocycles. The number of halogens is 2. The fourth-order valence-corrected chi connectivity index (χ4v) is 2.45. The van der Waals surface area contributed by atoms with Gasteiger partial charge in [-0.3, -0.25) is 0 Å². The lowest BCUT2D eigenvalue weighted by molar-refractivity contribution is 0.152. The molecular formula is C13H16F2O. The van der Waals surface area contributed by atoms with E-state index in [0.717, 1.165) is 31.7 Å². The maximum Gasteiger partial charge on any atom is 0.126 e. The molecule has 0 radical (unpaired) electrons. The first kappa shape index (κ1) is 11.5. The lowest BCUT2D eigenvalue weighted by Gasteiger charge is -2.17. The van der Waals surface area contributed by atoms with Crippen LogP contribution in [-0.4, -0.2) is 11.2 Å². The van der Waals surface area contributed by atoms with E-state index in [1.54, 1.807) is 0 Å². The van der Waals surface area contributed by atoms with Crippen molar-refractivity contribution in [2.24, 2.45) is 0 Å². The van der Waals surface area contributed by atoms with E-state index in [2.05, 4.69) is 0 Å². The highest BCUT2D eigenvalue weighted by Gasteiger charge is 2.20. The first-order chi connectivity index (χ1) is 7.65. The first-order valence-corrected chi connectivity index (χ1v) is 5.79. The zero-order valence-electron chi connectivity index (χ0n) is 9.13. The van der Waals surface area contributed by atoms with Crippen molar-refractivity contribution >= 4 is 0 Å². The van der Waals surface area contributed by atoms with Gasteiger partial charge in [0.15, 0.2) is 0 Å². The summed E-state index contributed by atoms with van der Waals surface area (Å²) in [6.45, 7) is 0. The summed E-state index contributed by atoms with van der Waals surface area (Å²) in [5.74, 6) is -0.981. The Morgan fingerprint density at radius 2 is 1.62 bits per heavy atom. The summed E-state index contributed by atoms with van der Waals surface area (Å²) in [5, 5.41) is 9.67. The van der Waals surface area contributed by atoms with Gasteiger partial charge in [-0.15, -0.1) is 0 Å².